The van der Waals surface area contributed by atoms with Crippen molar-refractivity contribution in [1.82, 2.24) is 9.88 Å². The third-order valence-electron chi connectivity index (χ3n) is 3.87. The van der Waals surface area contributed by atoms with E-state index < -0.39 is 6.04 Å². The first-order valence-electron chi connectivity index (χ1n) is 7.21. The van der Waals surface area contributed by atoms with Crippen molar-refractivity contribution in [3.63, 3.8) is 0 Å². The molecule has 1 aromatic heterocycles. The number of nitrogens with zero attached hydrogens (tertiary/aromatic N) is 2. The standard InChI is InChI=1S/C17H17N3O2/c1-12(21)20-11-14-7-3-2-6-13(14)10-15(20)17(22)19-16-8-4-5-9-18-16/h2-9,15H,10-11H2,1H3,(H,18,19,22)/t15-/m0/s1. The number of rotatable bonds is 2. The van der Waals surface area contributed by atoms with E-state index in [1.807, 2.05) is 30.3 Å². The largest absolute Gasteiger partial charge is 0.326 e. The van der Waals surface area contributed by atoms with E-state index in [-0.39, 0.29) is 11.8 Å². The lowest BCUT2D eigenvalue weighted by Crippen LogP contribution is -2.50. The number of hydrogen-bond donors (Lipinski definition) is 1. The Morgan fingerprint density at radius 2 is 1.86 bits per heavy atom. The lowest BCUT2D eigenvalue weighted by atomic mass is 9.93. The van der Waals surface area contributed by atoms with Gasteiger partial charge in [0.1, 0.15) is 11.9 Å². The van der Waals surface area contributed by atoms with Crippen LogP contribution in [-0.4, -0.2) is 27.7 Å². The van der Waals surface area contributed by atoms with Crippen molar-refractivity contribution >= 4 is 17.6 Å². The average Bonchev–Trinajstić information content (AvgIpc) is 2.54. The summed E-state index contributed by atoms with van der Waals surface area (Å²) in [7, 11) is 0. The van der Waals surface area contributed by atoms with E-state index in [0.717, 1.165) is 11.1 Å². The minimum absolute atomic E-state index is 0.101. The zero-order valence-electron chi connectivity index (χ0n) is 12.3. The van der Waals surface area contributed by atoms with Gasteiger partial charge in [0.2, 0.25) is 11.8 Å². The third-order valence-corrected chi connectivity index (χ3v) is 3.87. The second-order valence-corrected chi connectivity index (χ2v) is 5.34. The summed E-state index contributed by atoms with van der Waals surface area (Å²) in [4.78, 5) is 30.2. The fourth-order valence-corrected chi connectivity index (χ4v) is 2.73. The summed E-state index contributed by atoms with van der Waals surface area (Å²) in [5.41, 5.74) is 2.21. The van der Waals surface area contributed by atoms with Crippen molar-refractivity contribution < 1.29 is 9.59 Å². The van der Waals surface area contributed by atoms with Crippen LogP contribution >= 0.6 is 0 Å². The van der Waals surface area contributed by atoms with Gasteiger partial charge in [-0.2, -0.15) is 0 Å². The highest BCUT2D eigenvalue weighted by molar-refractivity contribution is 5.96. The Morgan fingerprint density at radius 1 is 1.14 bits per heavy atom. The molecule has 5 nitrogen and oxygen atoms in total. The lowest BCUT2D eigenvalue weighted by molar-refractivity contribution is -0.138. The first kappa shape index (κ1) is 14.3. The second kappa shape index (κ2) is 5.97. The molecule has 0 radical (unpaired) electrons. The Labute approximate surface area is 129 Å². The SMILES string of the molecule is CC(=O)N1Cc2ccccc2C[C@H]1C(=O)Nc1ccccn1. The highest BCUT2D eigenvalue weighted by Crippen LogP contribution is 2.24. The average molecular weight is 295 g/mol. The Kier molecular flexibility index (Phi) is 3.87. The molecule has 2 heterocycles. The molecule has 1 aliphatic rings. The number of amides is 2. The van der Waals surface area contributed by atoms with E-state index in [9.17, 15) is 9.59 Å². The molecule has 3 rings (SSSR count). The van der Waals surface area contributed by atoms with Crippen molar-refractivity contribution in [3.8, 4) is 0 Å². The number of anilines is 1. The molecule has 1 atom stereocenters. The molecule has 2 amide bonds. The number of aromatic nitrogens is 1. The quantitative estimate of drug-likeness (QED) is 0.921. The summed E-state index contributed by atoms with van der Waals surface area (Å²) in [5, 5.41) is 2.78. The molecule has 1 aromatic carbocycles. The third kappa shape index (κ3) is 2.83. The second-order valence-electron chi connectivity index (χ2n) is 5.34. The van der Waals surface area contributed by atoms with Crippen molar-refractivity contribution in [2.24, 2.45) is 0 Å². The van der Waals surface area contributed by atoms with Crippen LogP contribution < -0.4 is 5.32 Å². The number of pyridine rings is 1. The molecule has 0 fully saturated rings. The van der Waals surface area contributed by atoms with Gasteiger partial charge in [-0.3, -0.25) is 9.59 Å². The Bertz CT molecular complexity index is 700. The molecular formula is C17H17N3O2. The molecule has 0 bridgehead atoms. The number of fused-ring (bicyclic) bond motifs is 1. The molecule has 22 heavy (non-hydrogen) atoms. The van der Waals surface area contributed by atoms with Crippen molar-refractivity contribution in [3.05, 3.63) is 59.8 Å². The highest BCUT2D eigenvalue weighted by Gasteiger charge is 2.33. The minimum Gasteiger partial charge on any atom is -0.326 e. The normalized spacial score (nSPS) is 16.8. The molecule has 0 unspecified atom stereocenters. The smallest absolute Gasteiger partial charge is 0.248 e. The van der Waals surface area contributed by atoms with E-state index in [0.29, 0.717) is 18.8 Å². The molecule has 0 aliphatic carbocycles. The molecule has 2 aromatic rings. The van der Waals surface area contributed by atoms with Crippen molar-refractivity contribution in [2.75, 3.05) is 5.32 Å². The van der Waals surface area contributed by atoms with E-state index in [1.165, 1.54) is 6.92 Å². The molecule has 1 N–H and O–H groups in total. The van der Waals surface area contributed by atoms with Crippen LogP contribution in [0.25, 0.3) is 0 Å². The maximum absolute atomic E-state index is 12.5. The topological polar surface area (TPSA) is 62.3 Å². The number of nitrogens with one attached hydrogen (secondary N) is 1. The summed E-state index contributed by atoms with van der Waals surface area (Å²) >= 11 is 0. The fourth-order valence-electron chi connectivity index (χ4n) is 2.73. The van der Waals surface area contributed by atoms with Gasteiger partial charge in [-0.05, 0) is 23.3 Å². The van der Waals surface area contributed by atoms with Crippen LogP contribution in [0.3, 0.4) is 0 Å². The zero-order valence-corrected chi connectivity index (χ0v) is 12.3. The predicted molar refractivity (Wildman–Crippen MR) is 83.0 cm³/mol. The fraction of sp³-hybridized carbons (Fsp3) is 0.235. The van der Waals surface area contributed by atoms with Crippen LogP contribution in [0.1, 0.15) is 18.1 Å². The monoisotopic (exact) mass is 295 g/mol. The number of carbonyl (C=O) groups excluding carboxylic acids is 2. The van der Waals surface area contributed by atoms with Crippen LogP contribution in [-0.2, 0) is 22.6 Å². The molecule has 1 aliphatic heterocycles. The van der Waals surface area contributed by atoms with Gasteiger partial charge < -0.3 is 10.2 Å². The number of benzene rings is 1. The maximum atomic E-state index is 12.5. The van der Waals surface area contributed by atoms with Crippen LogP contribution in [0.4, 0.5) is 5.82 Å². The summed E-state index contributed by atoms with van der Waals surface area (Å²) in [6.07, 6.45) is 2.14. The first-order valence-corrected chi connectivity index (χ1v) is 7.21. The number of carbonyl (C=O) groups is 2. The van der Waals surface area contributed by atoms with Gasteiger partial charge in [0.25, 0.3) is 0 Å². The van der Waals surface area contributed by atoms with Crippen molar-refractivity contribution in [1.29, 1.82) is 0 Å². The highest BCUT2D eigenvalue weighted by atomic mass is 16.2. The van der Waals surface area contributed by atoms with E-state index in [2.05, 4.69) is 10.3 Å². The minimum atomic E-state index is -0.505. The van der Waals surface area contributed by atoms with E-state index in [1.54, 1.807) is 23.2 Å². The molecule has 112 valence electrons. The number of hydrogen-bond acceptors (Lipinski definition) is 3. The van der Waals surface area contributed by atoms with Gasteiger partial charge in [0, 0.05) is 26.1 Å². The maximum Gasteiger partial charge on any atom is 0.248 e. The van der Waals surface area contributed by atoms with Gasteiger partial charge in [0.05, 0.1) is 0 Å². The predicted octanol–water partition coefficient (Wildman–Crippen LogP) is 1.99. The van der Waals surface area contributed by atoms with Gasteiger partial charge in [-0.1, -0.05) is 30.3 Å². The van der Waals surface area contributed by atoms with Crippen LogP contribution in [0.2, 0.25) is 0 Å². The van der Waals surface area contributed by atoms with Gasteiger partial charge in [0.15, 0.2) is 0 Å². The van der Waals surface area contributed by atoms with E-state index in [4.69, 9.17) is 0 Å². The summed E-state index contributed by atoms with van der Waals surface area (Å²) in [5.74, 6) is 0.189. The molecular weight excluding hydrogens is 278 g/mol. The first-order chi connectivity index (χ1) is 10.6. The van der Waals surface area contributed by atoms with Crippen LogP contribution in [0, 0.1) is 0 Å². The van der Waals surface area contributed by atoms with Crippen molar-refractivity contribution in [2.45, 2.75) is 25.9 Å². The summed E-state index contributed by atoms with van der Waals surface area (Å²) < 4.78 is 0. The molecule has 0 saturated carbocycles. The lowest BCUT2D eigenvalue weighted by Gasteiger charge is -2.35. The summed E-state index contributed by atoms with van der Waals surface area (Å²) in [6, 6.07) is 12.7. The van der Waals surface area contributed by atoms with Crippen LogP contribution in [0.15, 0.2) is 48.7 Å². The molecule has 5 heteroatoms. The van der Waals surface area contributed by atoms with Gasteiger partial charge in [-0.15, -0.1) is 0 Å². The van der Waals surface area contributed by atoms with Gasteiger partial charge >= 0.3 is 0 Å². The van der Waals surface area contributed by atoms with Crippen LogP contribution in [0.5, 0.6) is 0 Å². The van der Waals surface area contributed by atoms with Gasteiger partial charge in [-0.25, -0.2) is 4.98 Å². The molecule has 0 spiro atoms. The van der Waals surface area contributed by atoms with E-state index >= 15 is 0 Å². The molecule has 0 saturated heterocycles. The Morgan fingerprint density at radius 3 is 2.55 bits per heavy atom. The Hall–Kier alpha value is -2.69. The zero-order chi connectivity index (χ0) is 15.5. The Balaban J connectivity index is 1.84. The summed E-state index contributed by atoms with van der Waals surface area (Å²) in [6.45, 7) is 1.96.